The van der Waals surface area contributed by atoms with E-state index in [-0.39, 0.29) is 24.9 Å². The minimum Gasteiger partial charge on any atom is -0.444 e. The van der Waals surface area contributed by atoms with E-state index in [4.69, 9.17) is 11.2 Å². The van der Waals surface area contributed by atoms with Gasteiger partial charge in [-0.05, 0) is 122 Å². The van der Waals surface area contributed by atoms with Gasteiger partial charge < -0.3 is 10.1 Å². The number of nitrogens with zero attached hydrogens (tertiary/aromatic N) is 1. The van der Waals surface area contributed by atoms with E-state index in [0.29, 0.717) is 0 Å². The number of carbonyl (C=O) groups is 3. The fourth-order valence-corrected chi connectivity index (χ4v) is 2.93. The summed E-state index contributed by atoms with van der Waals surface area (Å²) in [5, 5.41) is 2.47. The van der Waals surface area contributed by atoms with Crippen LogP contribution in [0.2, 0.25) is 0 Å². The van der Waals surface area contributed by atoms with Gasteiger partial charge in [0.15, 0.2) is 0 Å². The van der Waals surface area contributed by atoms with Crippen LogP contribution in [0, 0.1) is 332 Å². The lowest BCUT2D eigenvalue weighted by Crippen LogP contribution is -2.40. The zero-order valence-corrected chi connectivity index (χ0v) is 39.2. The number of rotatable bonds is 3. The average molecular weight is 929 g/mol. The maximum absolute atomic E-state index is 11.3. The molecule has 0 fully saturated rings. The van der Waals surface area contributed by atoms with Crippen LogP contribution in [0.25, 0.3) is 0 Å². The van der Waals surface area contributed by atoms with Crippen LogP contribution in [0.15, 0.2) is 12.2 Å². The molecular formula is C68H20N2O4. The quantitative estimate of drug-likeness (QED) is 0.341. The van der Waals surface area contributed by atoms with Crippen molar-refractivity contribution in [3.8, 4) is 332 Å². The van der Waals surface area contributed by atoms with Crippen molar-refractivity contribution < 1.29 is 19.1 Å². The van der Waals surface area contributed by atoms with Gasteiger partial charge in [0, 0.05) is 250 Å². The average Bonchev–Trinajstić information content (AvgIpc) is 3.70. The first kappa shape index (κ1) is 59.8. The lowest BCUT2D eigenvalue weighted by molar-refractivity contribution is -0.136. The summed E-state index contributed by atoms with van der Waals surface area (Å²) in [7, 11) is 0. The van der Waals surface area contributed by atoms with Gasteiger partial charge in [-0.2, -0.15) is 0 Å². The highest BCUT2D eigenvalue weighted by Crippen LogP contribution is 2.06. The van der Waals surface area contributed by atoms with Crippen LogP contribution >= 0.6 is 0 Å². The minimum atomic E-state index is -0.565. The molecule has 1 aliphatic rings. The van der Waals surface area contributed by atoms with Gasteiger partial charge in [-0.25, -0.2) is 4.79 Å². The number of hydrogen-bond donors (Lipinski definition) is 1. The molecule has 0 spiro atoms. The van der Waals surface area contributed by atoms with Crippen LogP contribution in [0.3, 0.4) is 0 Å². The van der Waals surface area contributed by atoms with Crippen molar-refractivity contribution in [3.05, 3.63) is 12.2 Å². The van der Waals surface area contributed by atoms with E-state index in [1.54, 1.807) is 27.7 Å². The Hall–Kier alpha value is -14.2. The molecule has 1 heterocycles. The van der Waals surface area contributed by atoms with E-state index in [0.717, 1.165) is 4.90 Å². The predicted molar refractivity (Wildman–Crippen MR) is 285 cm³/mol. The van der Waals surface area contributed by atoms with Gasteiger partial charge in [0.1, 0.15) is 5.60 Å². The molecule has 0 aromatic carbocycles. The van der Waals surface area contributed by atoms with Gasteiger partial charge in [-0.1, -0.05) is 5.92 Å². The second kappa shape index (κ2) is 46.8. The van der Waals surface area contributed by atoms with Crippen molar-refractivity contribution in [2.75, 3.05) is 13.1 Å². The van der Waals surface area contributed by atoms with Crippen molar-refractivity contribution in [2.45, 2.75) is 33.3 Å². The number of carbonyl (C=O) groups excluding carboxylic acids is 3. The number of ether oxygens (including phenoxy) is 1. The molecule has 3 amide bonds. The molecule has 74 heavy (non-hydrogen) atoms. The molecule has 326 valence electrons. The van der Waals surface area contributed by atoms with Crippen molar-refractivity contribution in [1.29, 1.82) is 0 Å². The lowest BCUT2D eigenvalue weighted by Gasteiger charge is -2.20. The van der Waals surface area contributed by atoms with Gasteiger partial charge in [-0.15, -0.1) is 6.42 Å². The molecule has 6 heteroatoms. The SMILES string of the molecule is C#CC#CC#CC#CC#CC#CC#CC#CC#CC#CC#CC#CC#CC#CC#CC#CC#CC#CC#CC#CC#CC#CC#CC#CC#CC#CC#CC#CC.CC(C)(C)OC(=O)NCCN1C(=O)C=CC1=O. The predicted octanol–water partition coefficient (Wildman–Crippen LogP) is 1.17. The molecule has 0 saturated carbocycles. The summed E-state index contributed by atoms with van der Waals surface area (Å²) in [6.45, 7) is 7.27. The molecule has 0 bridgehead atoms. The molecule has 0 aliphatic carbocycles. The third-order valence-electron chi connectivity index (χ3n) is 5.35. The highest BCUT2D eigenvalue weighted by Gasteiger charge is 2.23. The van der Waals surface area contributed by atoms with E-state index in [1.807, 2.05) is 0 Å². The number of amides is 3. The Bertz CT molecular complexity index is 4250. The highest BCUT2D eigenvalue weighted by molar-refractivity contribution is 6.12. The topological polar surface area (TPSA) is 75.7 Å². The van der Waals surface area contributed by atoms with Gasteiger partial charge in [-0.3, -0.25) is 14.5 Å². The molecule has 0 radical (unpaired) electrons. The van der Waals surface area contributed by atoms with Crippen molar-refractivity contribution in [1.82, 2.24) is 10.2 Å². The van der Waals surface area contributed by atoms with Crippen LogP contribution in [-0.4, -0.2) is 41.5 Å². The summed E-state index contributed by atoms with van der Waals surface area (Å²) < 4.78 is 5.00. The Labute approximate surface area is 435 Å². The third-order valence-corrected chi connectivity index (χ3v) is 5.35. The molecule has 6 nitrogen and oxygen atoms in total. The van der Waals surface area contributed by atoms with E-state index in [1.165, 1.54) is 12.2 Å². The van der Waals surface area contributed by atoms with Crippen molar-refractivity contribution >= 4 is 17.9 Å². The second-order valence-electron chi connectivity index (χ2n) is 11.6. The number of hydrogen-bond acceptors (Lipinski definition) is 4. The molecule has 0 saturated heterocycles. The fourth-order valence-electron chi connectivity index (χ4n) is 2.93. The van der Waals surface area contributed by atoms with Crippen molar-refractivity contribution in [3.63, 3.8) is 0 Å². The summed E-state index contributed by atoms with van der Waals surface area (Å²) in [6, 6.07) is 0. The van der Waals surface area contributed by atoms with Crippen LogP contribution in [0.4, 0.5) is 4.79 Å². The van der Waals surface area contributed by atoms with Gasteiger partial charge in [0.05, 0.1) is 0 Å². The lowest BCUT2D eigenvalue weighted by atomic mass is 10.2. The summed E-state index contributed by atoms with van der Waals surface area (Å²) in [6.07, 6.45) is 6.78. The first-order valence-electron chi connectivity index (χ1n) is 19.6. The zero-order chi connectivity index (χ0) is 53.9. The largest absolute Gasteiger partial charge is 0.444 e. The highest BCUT2D eigenvalue weighted by atomic mass is 16.6. The molecule has 0 aromatic rings. The molecular weight excluding hydrogens is 909 g/mol. The molecule has 1 rings (SSSR count). The Morgan fingerprint density at radius 2 is 0.581 bits per heavy atom. The van der Waals surface area contributed by atoms with E-state index < -0.39 is 11.7 Å². The van der Waals surface area contributed by atoms with Gasteiger partial charge in [0.25, 0.3) is 11.8 Å². The number of nitrogens with one attached hydrogen (secondary N) is 1. The Balaban J connectivity index is 0.00000262. The first-order chi connectivity index (χ1) is 36.2. The number of alkyl carbamates (subject to hydrolysis) is 1. The normalized spacial score (nSPS) is 6.55. The molecule has 0 atom stereocenters. The fraction of sp³-hybridized carbons (Fsp3) is 0.103. The summed E-state index contributed by atoms with van der Waals surface area (Å²) >= 11 is 0. The van der Waals surface area contributed by atoms with E-state index in [9.17, 15) is 14.4 Å². The van der Waals surface area contributed by atoms with E-state index >= 15 is 0 Å². The molecule has 0 unspecified atom stereocenters. The van der Waals surface area contributed by atoms with Crippen molar-refractivity contribution in [2.24, 2.45) is 0 Å². The number of imide groups is 1. The third kappa shape index (κ3) is 45.8. The molecule has 1 aliphatic heterocycles. The Morgan fingerprint density at radius 3 is 0.757 bits per heavy atom. The Kier molecular flexibility index (Phi) is 37.8. The summed E-state index contributed by atoms with van der Waals surface area (Å²) in [5.41, 5.74) is -0.565. The number of terminal acetylenes is 1. The van der Waals surface area contributed by atoms with Crippen LogP contribution in [-0.2, 0) is 14.3 Å². The van der Waals surface area contributed by atoms with Crippen LogP contribution in [0.5, 0.6) is 0 Å². The minimum absolute atomic E-state index is 0.143. The second-order valence-corrected chi connectivity index (χ2v) is 11.6. The smallest absolute Gasteiger partial charge is 0.407 e. The molecule has 0 aromatic heterocycles. The standard InChI is InChI=1S/C57H4.C11H16N2O4/c1-3-5-7-9-11-13-15-17-19-21-23-25-27-29-31-33-35-37-39-41-43-45-47-49-51-53-55-57-56-54-52-50-48-46-44-42-40-38-36-34-32-30-28-26-24-22-20-18-16-14-12-10-8-6-4-2;1-11(2,3)17-10(16)12-6-7-13-8(14)4-5-9(13)15/h1H,2H3;4-5H,6-7H2,1-3H3,(H,12,16). The van der Waals surface area contributed by atoms with Crippen LogP contribution in [0.1, 0.15) is 27.7 Å². The molecule has 1 N–H and O–H groups in total. The Morgan fingerprint density at radius 1 is 0.392 bits per heavy atom. The zero-order valence-electron chi connectivity index (χ0n) is 39.2. The van der Waals surface area contributed by atoms with Gasteiger partial charge in [0.2, 0.25) is 0 Å². The van der Waals surface area contributed by atoms with Gasteiger partial charge >= 0.3 is 6.09 Å². The van der Waals surface area contributed by atoms with Crippen LogP contribution < -0.4 is 5.32 Å². The summed E-state index contributed by atoms with van der Waals surface area (Å²) in [5.74, 6) is 136. The van der Waals surface area contributed by atoms with E-state index in [2.05, 4.69) is 331 Å². The monoisotopic (exact) mass is 928 g/mol. The summed E-state index contributed by atoms with van der Waals surface area (Å²) in [4.78, 5) is 34.6. The maximum atomic E-state index is 11.3. The maximum Gasteiger partial charge on any atom is 0.407 e. The first-order valence-corrected chi connectivity index (χ1v) is 19.6.